The molecule has 0 aliphatic rings. The minimum absolute atomic E-state index is 0.167. The van der Waals surface area contributed by atoms with Crippen LogP contribution in [-0.2, 0) is 21.2 Å². The molecule has 0 saturated heterocycles. The zero-order valence-corrected chi connectivity index (χ0v) is 16.5. The van der Waals surface area contributed by atoms with E-state index >= 15 is 0 Å². The average Bonchev–Trinajstić information content (AvgIpc) is 2.96. The number of sulfonamides is 1. The first-order valence-electron chi connectivity index (χ1n) is 8.59. The summed E-state index contributed by atoms with van der Waals surface area (Å²) in [7, 11) is -3.66. The van der Waals surface area contributed by atoms with Crippen molar-refractivity contribution in [3.05, 3.63) is 29.5 Å². The first kappa shape index (κ1) is 20.1. The Hall–Kier alpha value is -2.19. The molecule has 26 heavy (non-hydrogen) atoms. The van der Waals surface area contributed by atoms with E-state index in [0.29, 0.717) is 35.2 Å². The molecule has 0 aliphatic carbocycles. The maximum absolute atomic E-state index is 12.7. The van der Waals surface area contributed by atoms with Gasteiger partial charge in [0.1, 0.15) is 0 Å². The van der Waals surface area contributed by atoms with Crippen molar-refractivity contribution in [2.75, 3.05) is 5.32 Å². The lowest BCUT2D eigenvalue weighted by Crippen LogP contribution is -2.32. The summed E-state index contributed by atoms with van der Waals surface area (Å²) in [6.07, 6.45) is 1.27. The highest BCUT2D eigenvalue weighted by atomic mass is 32.2. The molecule has 7 nitrogen and oxygen atoms in total. The van der Waals surface area contributed by atoms with Gasteiger partial charge >= 0.3 is 0 Å². The zero-order valence-electron chi connectivity index (χ0n) is 15.7. The number of hydrogen-bond acceptors (Lipinski definition) is 5. The Kier molecular flexibility index (Phi) is 6.20. The fourth-order valence-corrected chi connectivity index (χ4v) is 4.16. The Bertz CT molecular complexity index is 903. The highest BCUT2D eigenvalue weighted by Crippen LogP contribution is 2.34. The number of aryl methyl sites for hydroxylation is 2. The number of nitrogens with one attached hydrogen (secondary N) is 2. The molecule has 8 heteroatoms. The van der Waals surface area contributed by atoms with Gasteiger partial charge in [-0.1, -0.05) is 31.1 Å². The van der Waals surface area contributed by atoms with Crippen LogP contribution in [0.15, 0.2) is 27.6 Å². The third-order valence-electron chi connectivity index (χ3n) is 4.12. The Morgan fingerprint density at radius 1 is 1.31 bits per heavy atom. The van der Waals surface area contributed by atoms with Gasteiger partial charge in [-0.3, -0.25) is 10.1 Å². The van der Waals surface area contributed by atoms with Crippen molar-refractivity contribution in [2.24, 2.45) is 0 Å². The molecule has 0 aliphatic heterocycles. The number of aromatic nitrogens is 1. The number of hydrogen-bond donors (Lipinski definition) is 2. The second-order valence-corrected chi connectivity index (χ2v) is 7.96. The topological polar surface area (TPSA) is 101 Å². The van der Waals surface area contributed by atoms with Gasteiger partial charge in [0, 0.05) is 13.0 Å². The first-order valence-corrected chi connectivity index (χ1v) is 10.1. The van der Waals surface area contributed by atoms with Crippen LogP contribution in [0.5, 0.6) is 0 Å². The lowest BCUT2D eigenvalue weighted by molar-refractivity contribution is -0.114. The summed E-state index contributed by atoms with van der Waals surface area (Å²) in [6.45, 7) is 8.77. The highest BCUT2D eigenvalue weighted by Gasteiger charge is 2.23. The van der Waals surface area contributed by atoms with E-state index in [9.17, 15) is 13.2 Å². The number of amides is 1. The van der Waals surface area contributed by atoms with Crippen molar-refractivity contribution in [1.82, 2.24) is 9.88 Å². The van der Waals surface area contributed by atoms with Crippen LogP contribution in [0.3, 0.4) is 0 Å². The maximum Gasteiger partial charge on any atom is 0.241 e. The number of nitrogens with zero attached hydrogens (tertiary/aromatic N) is 1. The second kappa shape index (κ2) is 8.01. The Balaban J connectivity index is 2.57. The summed E-state index contributed by atoms with van der Waals surface area (Å²) in [4.78, 5) is 11.6. The molecular weight excluding hydrogens is 354 g/mol. The van der Waals surface area contributed by atoms with Gasteiger partial charge in [-0.15, -0.1) is 0 Å². The molecule has 1 aromatic carbocycles. The quantitative estimate of drug-likeness (QED) is 0.769. The summed E-state index contributed by atoms with van der Waals surface area (Å²) < 4.78 is 33.4. The largest absolute Gasteiger partial charge is 0.337 e. The van der Waals surface area contributed by atoms with E-state index in [1.807, 2.05) is 20.8 Å². The summed E-state index contributed by atoms with van der Waals surface area (Å²) in [5, 5.41) is 6.59. The van der Waals surface area contributed by atoms with Gasteiger partial charge in [0.15, 0.2) is 0 Å². The number of carbonyl (C=O) groups is 1. The minimum Gasteiger partial charge on any atom is -0.337 e. The van der Waals surface area contributed by atoms with Crippen LogP contribution < -0.4 is 10.0 Å². The predicted octanol–water partition coefficient (Wildman–Crippen LogP) is 3.25. The molecule has 2 aromatic rings. The van der Waals surface area contributed by atoms with Gasteiger partial charge in [0.2, 0.25) is 21.8 Å². The van der Waals surface area contributed by atoms with Crippen molar-refractivity contribution in [3.8, 4) is 11.1 Å². The van der Waals surface area contributed by atoms with E-state index in [1.165, 1.54) is 6.92 Å². The summed E-state index contributed by atoms with van der Waals surface area (Å²) in [6, 6.07) is 4.97. The number of carbonyl (C=O) groups excluding carboxylic acids is 1. The van der Waals surface area contributed by atoms with Crippen LogP contribution >= 0.6 is 0 Å². The van der Waals surface area contributed by atoms with Crippen molar-refractivity contribution < 1.29 is 17.7 Å². The van der Waals surface area contributed by atoms with Gasteiger partial charge in [0.25, 0.3) is 0 Å². The normalized spacial score (nSPS) is 12.8. The molecule has 1 unspecified atom stereocenters. The Labute approximate surface area is 154 Å². The summed E-state index contributed by atoms with van der Waals surface area (Å²) in [5.74, 6) is -0.0696. The molecule has 2 N–H and O–H groups in total. The van der Waals surface area contributed by atoms with E-state index in [1.54, 1.807) is 25.1 Å². The Morgan fingerprint density at radius 3 is 2.58 bits per heavy atom. The monoisotopic (exact) mass is 379 g/mol. The minimum atomic E-state index is -3.66. The molecule has 0 radical (unpaired) electrons. The predicted molar refractivity (Wildman–Crippen MR) is 100 cm³/mol. The van der Waals surface area contributed by atoms with Gasteiger partial charge in [-0.05, 0) is 43.9 Å². The summed E-state index contributed by atoms with van der Waals surface area (Å²) in [5.41, 5.74) is 2.51. The molecule has 0 saturated carbocycles. The van der Waals surface area contributed by atoms with E-state index in [-0.39, 0.29) is 22.7 Å². The molecule has 1 amide bonds. The highest BCUT2D eigenvalue weighted by molar-refractivity contribution is 7.89. The van der Waals surface area contributed by atoms with Gasteiger partial charge in [-0.2, -0.15) is 0 Å². The standard InChI is InChI=1S/C18H25N3O4S/c1-6-12(4)21-26(23,24)16-10-14(9-8-11(16)3)17-15(7-2)20-25-18(17)19-13(5)22/h8-10,12,21H,6-7H2,1-5H3,(H,19,22). The van der Waals surface area contributed by atoms with Crippen molar-refractivity contribution in [2.45, 2.75) is 58.4 Å². The van der Waals surface area contributed by atoms with Crippen LogP contribution in [0.4, 0.5) is 5.88 Å². The van der Waals surface area contributed by atoms with Gasteiger partial charge < -0.3 is 4.52 Å². The summed E-state index contributed by atoms with van der Waals surface area (Å²) >= 11 is 0. The van der Waals surface area contributed by atoms with Crippen molar-refractivity contribution in [3.63, 3.8) is 0 Å². The molecule has 1 aromatic heterocycles. The zero-order chi connectivity index (χ0) is 19.5. The lowest BCUT2D eigenvalue weighted by atomic mass is 10.0. The van der Waals surface area contributed by atoms with Gasteiger partial charge in [-0.25, -0.2) is 13.1 Å². The molecule has 1 heterocycles. The molecule has 0 spiro atoms. The molecule has 1 atom stereocenters. The third kappa shape index (κ3) is 4.31. The SMILES string of the molecule is CCc1noc(NC(C)=O)c1-c1ccc(C)c(S(=O)(=O)NC(C)CC)c1. The van der Waals surface area contributed by atoms with Crippen LogP contribution in [-0.4, -0.2) is 25.5 Å². The smallest absolute Gasteiger partial charge is 0.241 e. The van der Waals surface area contributed by atoms with Crippen LogP contribution in [0.25, 0.3) is 11.1 Å². The molecule has 2 rings (SSSR count). The van der Waals surface area contributed by atoms with Crippen molar-refractivity contribution in [1.29, 1.82) is 0 Å². The molecule has 0 fully saturated rings. The van der Waals surface area contributed by atoms with E-state index in [2.05, 4.69) is 15.2 Å². The first-order chi connectivity index (χ1) is 12.2. The van der Waals surface area contributed by atoms with Crippen LogP contribution in [0.2, 0.25) is 0 Å². The third-order valence-corrected chi connectivity index (χ3v) is 5.85. The maximum atomic E-state index is 12.7. The van der Waals surface area contributed by atoms with Crippen molar-refractivity contribution >= 4 is 21.8 Å². The fraction of sp³-hybridized carbons (Fsp3) is 0.444. The molecular formula is C18H25N3O4S. The van der Waals surface area contributed by atoms with Gasteiger partial charge in [0.05, 0.1) is 16.2 Å². The van der Waals surface area contributed by atoms with E-state index in [0.717, 1.165) is 0 Å². The lowest BCUT2D eigenvalue weighted by Gasteiger charge is -2.15. The number of anilines is 1. The average molecular weight is 379 g/mol. The van der Waals surface area contributed by atoms with E-state index < -0.39 is 10.0 Å². The van der Waals surface area contributed by atoms with E-state index in [4.69, 9.17) is 4.52 Å². The number of benzene rings is 1. The van der Waals surface area contributed by atoms with Crippen LogP contribution in [0, 0.1) is 6.92 Å². The fourth-order valence-electron chi connectivity index (χ4n) is 2.56. The number of rotatable bonds is 7. The second-order valence-electron chi connectivity index (χ2n) is 6.28. The van der Waals surface area contributed by atoms with Crippen LogP contribution in [0.1, 0.15) is 45.4 Å². The Morgan fingerprint density at radius 2 is 2.00 bits per heavy atom. The molecule has 142 valence electrons. The molecule has 0 bridgehead atoms.